The molecule has 4 rings (SSSR count). The van der Waals surface area contributed by atoms with Gasteiger partial charge in [0.1, 0.15) is 0 Å². The van der Waals surface area contributed by atoms with Crippen molar-refractivity contribution in [2.24, 2.45) is 0 Å². The van der Waals surface area contributed by atoms with Gasteiger partial charge in [-0.15, -0.1) is 0 Å². The predicted octanol–water partition coefficient (Wildman–Crippen LogP) is 1.51. The number of aromatic nitrogens is 3. The van der Waals surface area contributed by atoms with Crippen molar-refractivity contribution in [1.82, 2.24) is 19.4 Å². The first-order chi connectivity index (χ1) is 12.2. The van der Waals surface area contributed by atoms with Gasteiger partial charge < -0.3 is 10.1 Å². The molecule has 7 heteroatoms. The van der Waals surface area contributed by atoms with Crippen LogP contribution in [0.25, 0.3) is 16.9 Å². The second kappa shape index (κ2) is 6.18. The largest absolute Gasteiger partial charge is 0.465 e. The van der Waals surface area contributed by atoms with Crippen molar-refractivity contribution < 1.29 is 9.53 Å². The van der Waals surface area contributed by atoms with Crippen LogP contribution in [0.15, 0.2) is 47.4 Å². The van der Waals surface area contributed by atoms with Crippen LogP contribution in [0.2, 0.25) is 0 Å². The zero-order valence-electron chi connectivity index (χ0n) is 13.8. The van der Waals surface area contributed by atoms with E-state index in [4.69, 9.17) is 4.74 Å². The lowest BCUT2D eigenvalue weighted by atomic mass is 10.2. The van der Waals surface area contributed by atoms with Gasteiger partial charge >= 0.3 is 11.7 Å². The molecule has 2 aromatic heterocycles. The summed E-state index contributed by atoms with van der Waals surface area (Å²) in [7, 11) is 1.34. The highest BCUT2D eigenvalue weighted by atomic mass is 16.5. The number of esters is 1. The molecule has 0 aliphatic carbocycles. The van der Waals surface area contributed by atoms with E-state index in [2.05, 4.69) is 10.3 Å². The van der Waals surface area contributed by atoms with Crippen LogP contribution < -0.4 is 11.0 Å². The summed E-state index contributed by atoms with van der Waals surface area (Å²) >= 11 is 0. The molecular formula is C18H18N4O3. The Bertz CT molecular complexity index is 982. The van der Waals surface area contributed by atoms with E-state index in [1.807, 2.05) is 12.1 Å². The number of nitrogens with one attached hydrogen (secondary N) is 1. The Kier molecular flexibility index (Phi) is 3.85. The number of hydrogen-bond acceptors (Lipinski definition) is 5. The van der Waals surface area contributed by atoms with Crippen molar-refractivity contribution in [1.29, 1.82) is 0 Å². The highest BCUT2D eigenvalue weighted by Gasteiger charge is 2.24. The van der Waals surface area contributed by atoms with Gasteiger partial charge in [-0.25, -0.2) is 14.6 Å². The van der Waals surface area contributed by atoms with Crippen molar-refractivity contribution in [3.8, 4) is 5.69 Å². The fourth-order valence-corrected chi connectivity index (χ4v) is 3.35. The molecule has 25 heavy (non-hydrogen) atoms. The van der Waals surface area contributed by atoms with Crippen LogP contribution in [0, 0.1) is 0 Å². The molecular weight excluding hydrogens is 320 g/mol. The molecule has 3 aromatic rings. The lowest BCUT2D eigenvalue weighted by Gasteiger charge is -2.09. The van der Waals surface area contributed by atoms with Gasteiger partial charge in [0, 0.05) is 12.7 Å². The molecule has 1 aliphatic heterocycles. The van der Waals surface area contributed by atoms with Gasteiger partial charge in [-0.05, 0) is 49.4 Å². The van der Waals surface area contributed by atoms with Crippen LogP contribution in [0.5, 0.6) is 0 Å². The Hall–Kier alpha value is -2.93. The van der Waals surface area contributed by atoms with E-state index >= 15 is 0 Å². The first-order valence-electron chi connectivity index (χ1n) is 8.18. The average molecular weight is 338 g/mol. The highest BCUT2D eigenvalue weighted by Crippen LogP contribution is 2.22. The third-order valence-electron chi connectivity index (χ3n) is 4.58. The Morgan fingerprint density at radius 3 is 2.76 bits per heavy atom. The number of nitrogens with zero attached hydrogens (tertiary/aromatic N) is 3. The van der Waals surface area contributed by atoms with E-state index in [1.54, 1.807) is 39.6 Å². The molecule has 3 heterocycles. The van der Waals surface area contributed by atoms with Crippen LogP contribution in [0.3, 0.4) is 0 Å². The summed E-state index contributed by atoms with van der Waals surface area (Å²) in [5.74, 6) is -0.403. The first-order valence-corrected chi connectivity index (χ1v) is 8.18. The second-order valence-corrected chi connectivity index (χ2v) is 6.02. The number of carbonyl (C=O) groups excluding carboxylic acids is 1. The van der Waals surface area contributed by atoms with Crippen LogP contribution >= 0.6 is 0 Å². The molecule has 0 bridgehead atoms. The summed E-state index contributed by atoms with van der Waals surface area (Å²) in [6.07, 6.45) is 2.60. The predicted molar refractivity (Wildman–Crippen MR) is 93.2 cm³/mol. The summed E-state index contributed by atoms with van der Waals surface area (Å²) in [5.41, 5.74) is 2.46. The van der Waals surface area contributed by atoms with Crippen molar-refractivity contribution >= 4 is 17.1 Å². The average Bonchev–Trinajstić information content (AvgIpc) is 3.26. The minimum absolute atomic E-state index is 0.0977. The Labute approximate surface area is 143 Å². The molecule has 1 fully saturated rings. The summed E-state index contributed by atoms with van der Waals surface area (Å²) in [6.45, 7) is 1.65. The van der Waals surface area contributed by atoms with Gasteiger partial charge in [0.2, 0.25) is 0 Å². The third-order valence-corrected chi connectivity index (χ3v) is 4.58. The van der Waals surface area contributed by atoms with Gasteiger partial charge in [-0.2, -0.15) is 0 Å². The quantitative estimate of drug-likeness (QED) is 0.733. The van der Waals surface area contributed by atoms with Crippen LogP contribution in [-0.4, -0.2) is 40.3 Å². The molecule has 1 aromatic carbocycles. The maximum Gasteiger partial charge on any atom is 0.337 e. The minimum Gasteiger partial charge on any atom is -0.465 e. The maximum atomic E-state index is 13.1. The van der Waals surface area contributed by atoms with Gasteiger partial charge in [0.15, 0.2) is 5.65 Å². The molecule has 1 saturated heterocycles. The third kappa shape index (κ3) is 2.53. The van der Waals surface area contributed by atoms with Crippen molar-refractivity contribution in [2.45, 2.75) is 12.5 Å². The zero-order chi connectivity index (χ0) is 17.4. The molecule has 1 N–H and O–H groups in total. The van der Waals surface area contributed by atoms with Crippen molar-refractivity contribution in [3.63, 3.8) is 0 Å². The topological polar surface area (TPSA) is 78.1 Å². The standard InChI is InChI=1S/C18H18N4O3/c1-25-17(23)12-4-6-13(7-5-12)21-15-3-2-9-20-16(15)22(18(21)24)14-8-10-19-11-14/h2-7,9,14,19H,8,10-11H2,1H3. The molecule has 1 aliphatic rings. The molecule has 128 valence electrons. The molecule has 0 saturated carbocycles. The van der Waals surface area contributed by atoms with E-state index in [1.165, 1.54) is 7.11 Å². The molecule has 0 amide bonds. The molecule has 0 radical (unpaired) electrons. The minimum atomic E-state index is -0.403. The molecule has 1 atom stereocenters. The Balaban J connectivity index is 1.89. The number of pyridine rings is 1. The zero-order valence-corrected chi connectivity index (χ0v) is 13.8. The van der Waals surface area contributed by atoms with Crippen LogP contribution in [-0.2, 0) is 4.74 Å². The smallest absolute Gasteiger partial charge is 0.337 e. The van der Waals surface area contributed by atoms with Gasteiger partial charge in [0.05, 0.1) is 29.9 Å². The molecule has 7 nitrogen and oxygen atoms in total. The number of methoxy groups -OCH3 is 1. The van der Waals surface area contributed by atoms with E-state index < -0.39 is 5.97 Å². The fourth-order valence-electron chi connectivity index (χ4n) is 3.35. The SMILES string of the molecule is COC(=O)c1ccc(-n2c(=O)n(C3CCNC3)c3ncccc32)cc1. The van der Waals surface area contributed by atoms with Crippen LogP contribution in [0.4, 0.5) is 0 Å². The van der Waals surface area contributed by atoms with E-state index in [-0.39, 0.29) is 11.7 Å². The van der Waals surface area contributed by atoms with Crippen molar-refractivity contribution in [2.75, 3.05) is 20.2 Å². The normalized spacial score (nSPS) is 17.1. The lowest BCUT2D eigenvalue weighted by molar-refractivity contribution is 0.0601. The van der Waals surface area contributed by atoms with Crippen molar-refractivity contribution in [3.05, 3.63) is 58.6 Å². The van der Waals surface area contributed by atoms with E-state index in [9.17, 15) is 9.59 Å². The van der Waals surface area contributed by atoms with Crippen LogP contribution in [0.1, 0.15) is 22.8 Å². The van der Waals surface area contributed by atoms with Gasteiger partial charge in [0.25, 0.3) is 0 Å². The monoisotopic (exact) mass is 338 g/mol. The number of imidazole rings is 1. The number of rotatable bonds is 3. The molecule has 1 unspecified atom stereocenters. The number of carbonyl (C=O) groups is 1. The summed E-state index contributed by atoms with van der Waals surface area (Å²) in [6, 6.07) is 10.6. The lowest BCUT2D eigenvalue weighted by Crippen LogP contribution is -2.28. The van der Waals surface area contributed by atoms with E-state index in [0.29, 0.717) is 16.9 Å². The summed E-state index contributed by atoms with van der Waals surface area (Å²) < 4.78 is 8.13. The highest BCUT2D eigenvalue weighted by molar-refractivity contribution is 5.89. The van der Waals surface area contributed by atoms with Gasteiger partial charge in [-0.1, -0.05) is 0 Å². The second-order valence-electron chi connectivity index (χ2n) is 6.02. The summed E-state index contributed by atoms with van der Waals surface area (Å²) in [5, 5.41) is 3.29. The number of ether oxygens (including phenoxy) is 1. The number of hydrogen-bond donors (Lipinski definition) is 1. The Morgan fingerprint density at radius 2 is 2.08 bits per heavy atom. The summed E-state index contributed by atoms with van der Waals surface area (Å²) in [4.78, 5) is 29.2. The van der Waals surface area contributed by atoms with Gasteiger partial charge in [-0.3, -0.25) is 9.13 Å². The maximum absolute atomic E-state index is 13.1. The molecule has 0 spiro atoms. The first kappa shape index (κ1) is 15.6. The Morgan fingerprint density at radius 1 is 1.28 bits per heavy atom. The van der Waals surface area contributed by atoms with E-state index in [0.717, 1.165) is 25.0 Å². The number of fused-ring (bicyclic) bond motifs is 1. The number of benzene rings is 1. The fraction of sp³-hybridized carbons (Fsp3) is 0.278.